The number of aliphatic hydroxyl groups excluding tert-OH is 1. The van der Waals surface area contributed by atoms with E-state index < -0.39 is 0 Å². The highest BCUT2D eigenvalue weighted by Crippen LogP contribution is 2.18. The van der Waals surface area contributed by atoms with E-state index in [2.05, 4.69) is 10.3 Å². The van der Waals surface area contributed by atoms with Crippen molar-refractivity contribution >= 4 is 22.6 Å². The molecule has 0 aliphatic heterocycles. The van der Waals surface area contributed by atoms with Gasteiger partial charge in [-0.1, -0.05) is 25.3 Å². The van der Waals surface area contributed by atoms with Crippen LogP contribution in [0.3, 0.4) is 0 Å². The van der Waals surface area contributed by atoms with Gasteiger partial charge in [0.15, 0.2) is 0 Å². The number of nitrogens with zero attached hydrogens (tertiary/aromatic N) is 3. The Morgan fingerprint density at radius 2 is 2.07 bits per heavy atom. The summed E-state index contributed by atoms with van der Waals surface area (Å²) in [5, 5.41) is 21.2. The summed E-state index contributed by atoms with van der Waals surface area (Å²) in [6, 6.07) is 6.77. The monoisotopic (exact) mass is 381 g/mol. The van der Waals surface area contributed by atoms with Crippen LogP contribution in [0.25, 0.3) is 16.7 Å². The lowest BCUT2D eigenvalue weighted by atomic mass is 9.95. The average molecular weight is 381 g/mol. The molecule has 1 saturated carbocycles. The van der Waals surface area contributed by atoms with Crippen molar-refractivity contribution in [3.8, 4) is 0 Å². The zero-order valence-electron chi connectivity index (χ0n) is 15.5. The summed E-state index contributed by atoms with van der Waals surface area (Å²) < 4.78 is 2.84. The third-order valence-corrected chi connectivity index (χ3v) is 5.33. The molecule has 3 N–H and O–H groups in total. The number of hydrogen-bond acceptors (Lipinski definition) is 5. The molecular formula is C20H23N5O3. The second kappa shape index (κ2) is 7.55. The Bertz CT molecular complexity index is 1160. The number of carbonyl (C=O) groups excluding carboxylic acids is 1. The number of aliphatic hydroxyl groups is 1. The van der Waals surface area contributed by atoms with Crippen LogP contribution in [0.15, 0.2) is 35.3 Å². The maximum Gasteiger partial charge on any atom is 0.267 e. The van der Waals surface area contributed by atoms with Crippen molar-refractivity contribution in [3.63, 3.8) is 0 Å². The van der Waals surface area contributed by atoms with Gasteiger partial charge in [0.05, 0.1) is 17.6 Å². The van der Waals surface area contributed by atoms with E-state index in [1.807, 2.05) is 0 Å². The lowest BCUT2D eigenvalue weighted by Gasteiger charge is -2.23. The van der Waals surface area contributed by atoms with Gasteiger partial charge >= 0.3 is 0 Å². The second-order valence-corrected chi connectivity index (χ2v) is 7.17. The minimum absolute atomic E-state index is 0.0537. The van der Waals surface area contributed by atoms with Gasteiger partial charge in [-0.05, 0) is 31.0 Å². The van der Waals surface area contributed by atoms with Gasteiger partial charge in [-0.3, -0.25) is 19.4 Å². The minimum atomic E-state index is -0.358. The third kappa shape index (κ3) is 3.20. The summed E-state index contributed by atoms with van der Waals surface area (Å²) in [6.45, 7) is -0.148. The first-order chi connectivity index (χ1) is 13.6. The zero-order chi connectivity index (χ0) is 19.7. The minimum Gasteiger partial charge on any atom is -0.395 e. The molecule has 3 aromatic rings. The van der Waals surface area contributed by atoms with Crippen LogP contribution in [-0.2, 0) is 6.54 Å². The smallest absolute Gasteiger partial charge is 0.267 e. The molecule has 1 fully saturated rings. The summed E-state index contributed by atoms with van der Waals surface area (Å²) in [4.78, 5) is 30.3. The molecule has 146 valence electrons. The number of amides is 1. The lowest BCUT2D eigenvalue weighted by Crippen LogP contribution is -2.40. The van der Waals surface area contributed by atoms with Crippen LogP contribution >= 0.6 is 0 Å². The van der Waals surface area contributed by atoms with E-state index in [1.54, 1.807) is 24.4 Å². The van der Waals surface area contributed by atoms with E-state index in [4.69, 9.17) is 5.41 Å². The van der Waals surface area contributed by atoms with Crippen LogP contribution in [0.5, 0.6) is 0 Å². The molecular weight excluding hydrogens is 358 g/mol. The predicted molar refractivity (Wildman–Crippen MR) is 104 cm³/mol. The number of fused-ring (bicyclic) bond motifs is 2. The van der Waals surface area contributed by atoms with Crippen LogP contribution < -0.4 is 16.4 Å². The fourth-order valence-electron chi connectivity index (χ4n) is 3.89. The molecule has 0 aromatic carbocycles. The molecule has 1 amide bonds. The summed E-state index contributed by atoms with van der Waals surface area (Å²) in [6.07, 6.45) is 6.82. The first-order valence-corrected chi connectivity index (χ1v) is 9.61. The van der Waals surface area contributed by atoms with Gasteiger partial charge < -0.3 is 15.0 Å². The quantitative estimate of drug-likeness (QED) is 0.589. The first-order valence-electron chi connectivity index (χ1n) is 9.61. The first kappa shape index (κ1) is 18.4. The number of rotatable bonds is 4. The molecule has 8 nitrogen and oxygen atoms in total. The molecule has 0 atom stereocenters. The van der Waals surface area contributed by atoms with E-state index in [-0.39, 0.29) is 47.1 Å². The highest BCUT2D eigenvalue weighted by molar-refractivity contribution is 5.97. The molecule has 28 heavy (non-hydrogen) atoms. The van der Waals surface area contributed by atoms with Gasteiger partial charge in [0.2, 0.25) is 0 Å². The molecule has 0 bridgehead atoms. The second-order valence-electron chi connectivity index (χ2n) is 7.17. The van der Waals surface area contributed by atoms with Crippen molar-refractivity contribution < 1.29 is 9.90 Å². The van der Waals surface area contributed by atoms with Gasteiger partial charge in [-0.25, -0.2) is 4.98 Å². The van der Waals surface area contributed by atoms with Crippen molar-refractivity contribution in [2.24, 2.45) is 0 Å². The number of aromatic nitrogens is 3. The zero-order valence-corrected chi connectivity index (χ0v) is 15.5. The largest absolute Gasteiger partial charge is 0.395 e. The maximum atomic E-state index is 13.0. The van der Waals surface area contributed by atoms with Crippen molar-refractivity contribution in [3.05, 3.63) is 51.9 Å². The molecule has 3 aromatic heterocycles. The fraction of sp³-hybridized carbons (Fsp3) is 0.400. The van der Waals surface area contributed by atoms with Crippen molar-refractivity contribution in [2.75, 3.05) is 6.61 Å². The van der Waals surface area contributed by atoms with Crippen molar-refractivity contribution in [2.45, 2.75) is 44.7 Å². The molecule has 0 unspecified atom stereocenters. The van der Waals surface area contributed by atoms with Crippen LogP contribution in [0.2, 0.25) is 0 Å². The van der Waals surface area contributed by atoms with Gasteiger partial charge in [0, 0.05) is 18.8 Å². The Morgan fingerprint density at radius 1 is 1.29 bits per heavy atom. The average Bonchev–Trinajstić information content (AvgIpc) is 2.71. The van der Waals surface area contributed by atoms with Crippen LogP contribution in [0.1, 0.15) is 42.5 Å². The third-order valence-electron chi connectivity index (χ3n) is 5.33. The molecule has 8 heteroatoms. The van der Waals surface area contributed by atoms with E-state index in [0.29, 0.717) is 11.3 Å². The summed E-state index contributed by atoms with van der Waals surface area (Å²) in [5.74, 6) is -0.358. The summed E-state index contributed by atoms with van der Waals surface area (Å²) in [5.41, 5.74) is 0.511. The molecule has 0 spiro atoms. The van der Waals surface area contributed by atoms with Gasteiger partial charge in [-0.15, -0.1) is 0 Å². The number of carbonyl (C=O) groups is 1. The Hall–Kier alpha value is -3.00. The van der Waals surface area contributed by atoms with Gasteiger partial charge in [-0.2, -0.15) is 0 Å². The fourth-order valence-corrected chi connectivity index (χ4v) is 3.89. The SMILES string of the molecule is N=c1c(C(=O)NC2CCCCC2)cc2c(=O)n3ccccc3nc2n1CCO. The summed E-state index contributed by atoms with van der Waals surface area (Å²) in [7, 11) is 0. The van der Waals surface area contributed by atoms with Crippen LogP contribution in [-0.4, -0.2) is 37.6 Å². The Balaban J connectivity index is 1.89. The number of hydrogen-bond donors (Lipinski definition) is 3. The highest BCUT2D eigenvalue weighted by atomic mass is 16.3. The molecule has 4 rings (SSSR count). The Morgan fingerprint density at radius 3 is 2.82 bits per heavy atom. The lowest BCUT2D eigenvalue weighted by molar-refractivity contribution is 0.0925. The van der Waals surface area contributed by atoms with Crippen LogP contribution in [0, 0.1) is 5.41 Å². The van der Waals surface area contributed by atoms with Crippen molar-refractivity contribution in [1.82, 2.24) is 19.3 Å². The Kier molecular flexibility index (Phi) is 4.95. The summed E-state index contributed by atoms with van der Waals surface area (Å²) >= 11 is 0. The highest BCUT2D eigenvalue weighted by Gasteiger charge is 2.21. The molecule has 3 heterocycles. The van der Waals surface area contributed by atoms with E-state index >= 15 is 0 Å². The van der Waals surface area contributed by atoms with E-state index in [0.717, 1.165) is 25.7 Å². The molecule has 0 radical (unpaired) electrons. The predicted octanol–water partition coefficient (Wildman–Crippen LogP) is 1.18. The van der Waals surface area contributed by atoms with E-state index in [9.17, 15) is 14.7 Å². The normalized spacial score (nSPS) is 15.2. The maximum absolute atomic E-state index is 13.0. The van der Waals surface area contributed by atoms with E-state index in [1.165, 1.54) is 21.5 Å². The topological polar surface area (TPSA) is 112 Å². The number of pyridine rings is 2. The van der Waals surface area contributed by atoms with Crippen molar-refractivity contribution in [1.29, 1.82) is 5.41 Å². The standard InChI is InChI=1S/C20H23N5O3/c21-17-14(19(27)22-13-6-2-1-3-7-13)12-15-18(25(17)10-11-26)23-16-8-4-5-9-24(16)20(15)28/h4-5,8-9,12-13,21,26H,1-3,6-7,10-11H2,(H,22,27). The van der Waals surface area contributed by atoms with Gasteiger partial charge in [0.25, 0.3) is 11.5 Å². The van der Waals surface area contributed by atoms with Gasteiger partial charge in [0.1, 0.15) is 16.8 Å². The number of nitrogens with one attached hydrogen (secondary N) is 2. The van der Waals surface area contributed by atoms with Crippen LogP contribution in [0.4, 0.5) is 0 Å². The molecule has 1 aliphatic carbocycles. The molecule has 1 aliphatic rings. The Labute approximate surface area is 161 Å². The molecule has 0 saturated heterocycles.